The van der Waals surface area contributed by atoms with Crippen LogP contribution in [0, 0.1) is 6.92 Å². The molecule has 3 rings (SSSR count). The monoisotopic (exact) mass is 521 g/mol. The van der Waals surface area contributed by atoms with E-state index in [1.807, 2.05) is 25.3 Å². The van der Waals surface area contributed by atoms with Crippen molar-refractivity contribution in [2.24, 2.45) is 4.99 Å². The number of hydrogen-bond donors (Lipinski definition) is 2. The number of rotatable bonds is 7. The summed E-state index contributed by atoms with van der Waals surface area (Å²) in [5.41, 5.74) is 1.14. The van der Waals surface area contributed by atoms with E-state index in [1.165, 1.54) is 4.88 Å². The maximum absolute atomic E-state index is 5.51. The van der Waals surface area contributed by atoms with E-state index in [1.54, 1.807) is 11.3 Å². The van der Waals surface area contributed by atoms with Gasteiger partial charge in [-0.05, 0) is 18.4 Å². The van der Waals surface area contributed by atoms with E-state index < -0.39 is 0 Å². The highest BCUT2D eigenvalue weighted by Crippen LogP contribution is 2.25. The van der Waals surface area contributed by atoms with Crippen LogP contribution in [0.25, 0.3) is 0 Å². The fourth-order valence-corrected chi connectivity index (χ4v) is 4.53. The first kappa shape index (κ1) is 22.5. The number of morpholine rings is 1. The van der Waals surface area contributed by atoms with Crippen LogP contribution in [0.2, 0.25) is 0 Å². The van der Waals surface area contributed by atoms with Crippen LogP contribution in [0.1, 0.15) is 21.6 Å². The van der Waals surface area contributed by atoms with Crippen molar-refractivity contribution in [2.45, 2.75) is 19.4 Å². The van der Waals surface area contributed by atoms with Crippen molar-refractivity contribution in [3.63, 3.8) is 0 Å². The van der Waals surface area contributed by atoms with Gasteiger partial charge in [0.1, 0.15) is 0 Å². The van der Waals surface area contributed by atoms with E-state index in [0.717, 1.165) is 62.5 Å². The third kappa shape index (κ3) is 6.97. The summed E-state index contributed by atoms with van der Waals surface area (Å²) < 4.78 is 5.51. The fourth-order valence-electron chi connectivity index (χ4n) is 3.03. The summed E-state index contributed by atoms with van der Waals surface area (Å²) >= 11 is 3.51. The van der Waals surface area contributed by atoms with Gasteiger partial charge < -0.3 is 15.4 Å². The van der Waals surface area contributed by atoms with Crippen LogP contribution >= 0.6 is 46.7 Å². The molecule has 1 aliphatic rings. The molecule has 6 nitrogen and oxygen atoms in total. The maximum Gasteiger partial charge on any atom is 0.191 e. The first-order valence-corrected chi connectivity index (χ1v) is 10.7. The summed E-state index contributed by atoms with van der Waals surface area (Å²) in [6, 6.07) is 4.68. The summed E-state index contributed by atoms with van der Waals surface area (Å²) in [5.74, 6) is 0.840. The summed E-state index contributed by atoms with van der Waals surface area (Å²) in [7, 11) is 1.82. The molecule has 150 valence electrons. The number of hydrogen-bond acceptors (Lipinski definition) is 6. The van der Waals surface area contributed by atoms with Gasteiger partial charge in [-0.1, -0.05) is 6.07 Å². The van der Waals surface area contributed by atoms with E-state index in [4.69, 9.17) is 4.74 Å². The second-order valence-electron chi connectivity index (χ2n) is 6.17. The number of nitrogens with zero attached hydrogens (tertiary/aromatic N) is 3. The van der Waals surface area contributed by atoms with E-state index in [9.17, 15) is 0 Å². The van der Waals surface area contributed by atoms with Gasteiger partial charge in [0.15, 0.2) is 5.96 Å². The summed E-state index contributed by atoms with van der Waals surface area (Å²) in [6.45, 7) is 7.25. The molecule has 0 bridgehead atoms. The minimum Gasteiger partial charge on any atom is -0.379 e. The lowest BCUT2D eigenvalue weighted by atomic mass is 10.2. The number of ether oxygens (including phenoxy) is 1. The normalized spacial score (nSPS) is 16.6. The fraction of sp³-hybridized carbons (Fsp3) is 0.556. The molecule has 0 spiro atoms. The van der Waals surface area contributed by atoms with Crippen molar-refractivity contribution in [3.05, 3.63) is 38.5 Å². The van der Waals surface area contributed by atoms with E-state index in [-0.39, 0.29) is 24.0 Å². The van der Waals surface area contributed by atoms with Crippen molar-refractivity contribution < 1.29 is 4.74 Å². The zero-order valence-electron chi connectivity index (χ0n) is 15.8. The van der Waals surface area contributed by atoms with Crippen LogP contribution in [0.3, 0.4) is 0 Å². The molecule has 27 heavy (non-hydrogen) atoms. The first-order chi connectivity index (χ1) is 12.8. The Kier molecular flexibility index (Phi) is 9.98. The summed E-state index contributed by atoms with van der Waals surface area (Å²) in [5, 5.41) is 12.3. The third-order valence-corrected chi connectivity index (χ3v) is 6.18. The molecule has 0 saturated carbocycles. The molecule has 3 heterocycles. The van der Waals surface area contributed by atoms with Gasteiger partial charge in [0.05, 0.1) is 30.0 Å². The SMILES string of the molecule is CN=C(NCCc1csc(C)n1)NCC(c1cccs1)N1CCOCC1.I. The molecule has 1 saturated heterocycles. The van der Waals surface area contributed by atoms with Crippen LogP contribution in [0.5, 0.6) is 0 Å². The van der Waals surface area contributed by atoms with Gasteiger partial charge in [0, 0.05) is 49.9 Å². The lowest BCUT2D eigenvalue weighted by molar-refractivity contribution is 0.0177. The first-order valence-electron chi connectivity index (χ1n) is 8.97. The molecular formula is C18H28IN5OS2. The molecule has 1 fully saturated rings. The number of aliphatic imine (C=N–C) groups is 1. The number of aromatic nitrogens is 1. The van der Waals surface area contributed by atoms with E-state index in [0.29, 0.717) is 6.04 Å². The zero-order chi connectivity index (χ0) is 18.2. The van der Waals surface area contributed by atoms with Crippen molar-refractivity contribution >= 4 is 52.6 Å². The second kappa shape index (κ2) is 11.9. The number of halogens is 1. The predicted octanol–water partition coefficient (Wildman–Crippen LogP) is 2.91. The highest BCUT2D eigenvalue weighted by atomic mass is 127. The van der Waals surface area contributed by atoms with Crippen LogP contribution in [-0.2, 0) is 11.2 Å². The second-order valence-corrected chi connectivity index (χ2v) is 8.21. The van der Waals surface area contributed by atoms with E-state index in [2.05, 4.69) is 48.4 Å². The summed E-state index contributed by atoms with van der Waals surface area (Å²) in [6.07, 6.45) is 0.906. The van der Waals surface area contributed by atoms with Crippen LogP contribution in [0.4, 0.5) is 0 Å². The van der Waals surface area contributed by atoms with Gasteiger partial charge in [-0.15, -0.1) is 46.7 Å². The molecule has 1 atom stereocenters. The number of guanidine groups is 1. The third-order valence-electron chi connectivity index (χ3n) is 4.38. The molecule has 0 aliphatic carbocycles. The standard InChI is InChI=1S/C18H27N5OS2.HI/c1-14-22-15(13-26-14)5-6-20-18(19-2)21-12-16(17-4-3-11-25-17)23-7-9-24-10-8-23;/h3-4,11,13,16H,5-10,12H2,1-2H3,(H2,19,20,21);1H. The Morgan fingerprint density at radius 3 is 2.78 bits per heavy atom. The Morgan fingerprint density at radius 2 is 2.15 bits per heavy atom. The van der Waals surface area contributed by atoms with Gasteiger partial charge in [0.25, 0.3) is 0 Å². The molecule has 0 aromatic carbocycles. The van der Waals surface area contributed by atoms with Gasteiger partial charge >= 0.3 is 0 Å². The predicted molar refractivity (Wildman–Crippen MR) is 125 cm³/mol. The number of aryl methyl sites for hydroxylation is 1. The highest BCUT2D eigenvalue weighted by Gasteiger charge is 2.23. The zero-order valence-corrected chi connectivity index (χ0v) is 19.8. The van der Waals surface area contributed by atoms with Crippen molar-refractivity contribution in [3.8, 4) is 0 Å². The van der Waals surface area contributed by atoms with Crippen LogP contribution in [-0.4, -0.2) is 62.3 Å². The summed E-state index contributed by atoms with van der Waals surface area (Å²) in [4.78, 5) is 12.7. The number of thiophene rings is 1. The average Bonchev–Trinajstić information content (AvgIpc) is 3.33. The van der Waals surface area contributed by atoms with Gasteiger partial charge in [-0.25, -0.2) is 4.98 Å². The Bertz CT molecular complexity index is 686. The highest BCUT2D eigenvalue weighted by molar-refractivity contribution is 14.0. The van der Waals surface area contributed by atoms with Crippen molar-refractivity contribution in [1.82, 2.24) is 20.5 Å². The van der Waals surface area contributed by atoms with Crippen molar-refractivity contribution in [2.75, 3.05) is 46.4 Å². The topological polar surface area (TPSA) is 61.8 Å². The molecule has 0 radical (unpaired) electrons. The van der Waals surface area contributed by atoms with Crippen LogP contribution < -0.4 is 10.6 Å². The molecule has 2 aromatic heterocycles. The van der Waals surface area contributed by atoms with Gasteiger partial charge in [-0.2, -0.15) is 0 Å². The minimum absolute atomic E-state index is 0. The van der Waals surface area contributed by atoms with Crippen molar-refractivity contribution in [1.29, 1.82) is 0 Å². The van der Waals surface area contributed by atoms with E-state index >= 15 is 0 Å². The quantitative estimate of drug-likeness (QED) is 0.334. The molecule has 1 unspecified atom stereocenters. The Balaban J connectivity index is 0.00000261. The molecule has 0 amide bonds. The number of thiazole rings is 1. The average molecular weight is 521 g/mol. The minimum atomic E-state index is 0. The molecular weight excluding hydrogens is 493 g/mol. The lowest BCUT2D eigenvalue weighted by Gasteiger charge is -2.34. The molecule has 2 aromatic rings. The lowest BCUT2D eigenvalue weighted by Crippen LogP contribution is -2.46. The van der Waals surface area contributed by atoms with Gasteiger partial charge in [-0.3, -0.25) is 9.89 Å². The van der Waals surface area contributed by atoms with Crippen LogP contribution in [0.15, 0.2) is 27.9 Å². The Labute approximate surface area is 186 Å². The number of nitrogens with one attached hydrogen (secondary N) is 2. The van der Waals surface area contributed by atoms with Gasteiger partial charge in [0.2, 0.25) is 0 Å². The Hall–Kier alpha value is -0.750. The largest absolute Gasteiger partial charge is 0.379 e. The smallest absolute Gasteiger partial charge is 0.191 e. The Morgan fingerprint density at radius 1 is 1.33 bits per heavy atom. The molecule has 9 heteroatoms. The molecule has 1 aliphatic heterocycles. The maximum atomic E-state index is 5.51. The molecule has 2 N–H and O–H groups in total.